The summed E-state index contributed by atoms with van der Waals surface area (Å²) in [5, 5.41) is 5.80. The molecule has 178 valence electrons. The molecule has 1 aromatic heterocycles. The standard InChI is InChI=1S/C28H26N2O5/c1-4-33-14-13-30-24-11-9-19(27(32)20-8-6-5-7-17(20)2)15-22(24)26-25(30)12-10-21-23(16-34-28(21)26)29-35-18(3)31/h5-12,15H,4,13-14,16H2,1-3H3/b29-23+. The lowest BCUT2D eigenvalue weighted by Crippen LogP contribution is -2.06. The number of nitrogens with zero attached hydrogens (tertiary/aromatic N) is 2. The van der Waals surface area contributed by atoms with E-state index >= 15 is 0 Å². The van der Waals surface area contributed by atoms with Crippen molar-refractivity contribution in [2.24, 2.45) is 5.16 Å². The first-order valence-electron chi connectivity index (χ1n) is 11.6. The van der Waals surface area contributed by atoms with Crippen LogP contribution in [0.1, 0.15) is 40.9 Å². The fourth-order valence-electron chi connectivity index (χ4n) is 4.61. The molecule has 0 radical (unpaired) electrons. The van der Waals surface area contributed by atoms with Gasteiger partial charge in [0.15, 0.2) is 5.78 Å². The van der Waals surface area contributed by atoms with Crippen LogP contribution in [-0.2, 0) is 20.9 Å². The van der Waals surface area contributed by atoms with E-state index in [9.17, 15) is 9.59 Å². The molecule has 0 spiro atoms. The Morgan fingerprint density at radius 2 is 1.89 bits per heavy atom. The zero-order valence-corrected chi connectivity index (χ0v) is 20.0. The van der Waals surface area contributed by atoms with Crippen LogP contribution in [0.5, 0.6) is 5.75 Å². The van der Waals surface area contributed by atoms with Crippen molar-refractivity contribution in [3.63, 3.8) is 0 Å². The number of carbonyl (C=O) groups is 2. The Labute approximate surface area is 202 Å². The van der Waals surface area contributed by atoms with Crippen LogP contribution in [0.15, 0.2) is 59.8 Å². The number of hydrogen-bond donors (Lipinski definition) is 0. The Hall–Kier alpha value is -3.97. The lowest BCUT2D eigenvalue weighted by Gasteiger charge is -2.08. The van der Waals surface area contributed by atoms with Crippen LogP contribution in [0.4, 0.5) is 0 Å². The lowest BCUT2D eigenvalue weighted by atomic mass is 9.97. The molecule has 0 N–H and O–H groups in total. The van der Waals surface area contributed by atoms with Gasteiger partial charge in [0.2, 0.25) is 0 Å². The average Bonchev–Trinajstić information content (AvgIpc) is 3.41. The van der Waals surface area contributed by atoms with Gasteiger partial charge < -0.3 is 18.9 Å². The third-order valence-electron chi connectivity index (χ3n) is 6.25. The molecule has 3 aromatic carbocycles. The quantitative estimate of drug-likeness (QED) is 0.164. The number of fused-ring (bicyclic) bond motifs is 5. The summed E-state index contributed by atoms with van der Waals surface area (Å²) < 4.78 is 13.9. The molecule has 5 rings (SSSR count). The number of aromatic nitrogens is 1. The minimum Gasteiger partial charge on any atom is -0.486 e. The summed E-state index contributed by atoms with van der Waals surface area (Å²) in [7, 11) is 0. The van der Waals surface area contributed by atoms with E-state index in [1.807, 2.05) is 68.4 Å². The molecular weight excluding hydrogens is 444 g/mol. The number of ether oxygens (including phenoxy) is 2. The molecule has 0 bridgehead atoms. The molecule has 1 aliphatic rings. The second-order valence-corrected chi connectivity index (χ2v) is 8.47. The number of rotatable bonds is 7. The molecule has 35 heavy (non-hydrogen) atoms. The fourth-order valence-corrected chi connectivity index (χ4v) is 4.61. The molecule has 0 amide bonds. The molecular formula is C28H26N2O5. The van der Waals surface area contributed by atoms with E-state index in [-0.39, 0.29) is 12.4 Å². The lowest BCUT2D eigenvalue weighted by molar-refractivity contribution is -0.140. The average molecular weight is 471 g/mol. The summed E-state index contributed by atoms with van der Waals surface area (Å²) in [6, 6.07) is 17.4. The summed E-state index contributed by atoms with van der Waals surface area (Å²) in [5.74, 6) is 0.166. The second kappa shape index (κ2) is 9.35. The SMILES string of the molecule is CCOCCn1c2ccc(C(=O)c3ccccc3C)cc2c2c3c(ccc21)/C(=N/OC(C)=O)CO3. The van der Waals surface area contributed by atoms with E-state index in [0.717, 1.165) is 32.9 Å². The molecule has 7 heteroatoms. The van der Waals surface area contributed by atoms with Gasteiger partial charge in [0, 0.05) is 47.7 Å². The monoisotopic (exact) mass is 470 g/mol. The molecule has 1 aliphatic heterocycles. The summed E-state index contributed by atoms with van der Waals surface area (Å²) in [6.45, 7) is 7.29. The highest BCUT2D eigenvalue weighted by atomic mass is 16.7. The van der Waals surface area contributed by atoms with Gasteiger partial charge in [-0.15, -0.1) is 0 Å². The molecule has 7 nitrogen and oxygen atoms in total. The van der Waals surface area contributed by atoms with E-state index in [2.05, 4.69) is 9.72 Å². The van der Waals surface area contributed by atoms with Crippen LogP contribution in [0.3, 0.4) is 0 Å². The molecule has 0 saturated carbocycles. The first kappa shape index (κ1) is 22.8. The summed E-state index contributed by atoms with van der Waals surface area (Å²) in [5.41, 5.74) is 5.53. The normalized spacial score (nSPS) is 13.9. The van der Waals surface area contributed by atoms with Crippen LogP contribution in [0, 0.1) is 6.92 Å². The molecule has 4 aromatic rings. The van der Waals surface area contributed by atoms with Crippen LogP contribution >= 0.6 is 0 Å². The van der Waals surface area contributed by atoms with Crippen molar-refractivity contribution in [2.75, 3.05) is 19.8 Å². The molecule has 0 aliphatic carbocycles. The summed E-state index contributed by atoms with van der Waals surface area (Å²) in [4.78, 5) is 29.5. The molecule has 0 saturated heterocycles. The van der Waals surface area contributed by atoms with Gasteiger partial charge in [-0.3, -0.25) is 4.79 Å². The zero-order chi connectivity index (χ0) is 24.5. The summed E-state index contributed by atoms with van der Waals surface area (Å²) in [6.07, 6.45) is 0. The zero-order valence-electron chi connectivity index (χ0n) is 20.0. The van der Waals surface area contributed by atoms with Crippen molar-refractivity contribution in [1.29, 1.82) is 0 Å². The van der Waals surface area contributed by atoms with Crippen molar-refractivity contribution in [3.05, 3.63) is 76.9 Å². The van der Waals surface area contributed by atoms with Gasteiger partial charge in [-0.05, 0) is 49.7 Å². The highest BCUT2D eigenvalue weighted by molar-refractivity contribution is 6.20. The number of ketones is 1. The minimum absolute atomic E-state index is 0.0224. The number of benzene rings is 3. The Morgan fingerprint density at radius 3 is 2.66 bits per heavy atom. The Bertz CT molecular complexity index is 1500. The first-order valence-corrected chi connectivity index (χ1v) is 11.6. The maximum absolute atomic E-state index is 13.4. The topological polar surface area (TPSA) is 79.1 Å². The maximum atomic E-state index is 13.4. The van der Waals surface area contributed by atoms with Gasteiger partial charge in [-0.1, -0.05) is 29.4 Å². The highest BCUT2D eigenvalue weighted by Gasteiger charge is 2.27. The third-order valence-corrected chi connectivity index (χ3v) is 6.25. The van der Waals surface area contributed by atoms with Gasteiger partial charge >= 0.3 is 5.97 Å². The summed E-state index contributed by atoms with van der Waals surface area (Å²) >= 11 is 0. The fraction of sp³-hybridized carbons (Fsp3) is 0.250. The Kier molecular flexibility index (Phi) is 6.09. The molecule has 0 atom stereocenters. The van der Waals surface area contributed by atoms with Crippen LogP contribution in [-0.4, -0.2) is 41.9 Å². The number of oxime groups is 1. The largest absolute Gasteiger partial charge is 0.486 e. The van der Waals surface area contributed by atoms with Gasteiger partial charge in [-0.2, -0.15) is 0 Å². The first-order chi connectivity index (χ1) is 17.0. The van der Waals surface area contributed by atoms with E-state index in [0.29, 0.717) is 42.3 Å². The predicted molar refractivity (Wildman–Crippen MR) is 134 cm³/mol. The van der Waals surface area contributed by atoms with Crippen molar-refractivity contribution in [3.8, 4) is 5.75 Å². The van der Waals surface area contributed by atoms with E-state index < -0.39 is 5.97 Å². The van der Waals surface area contributed by atoms with Gasteiger partial charge in [0.05, 0.1) is 17.5 Å². The van der Waals surface area contributed by atoms with Crippen molar-refractivity contribution in [1.82, 2.24) is 4.57 Å². The highest BCUT2D eigenvalue weighted by Crippen LogP contribution is 2.41. The molecule has 0 unspecified atom stereocenters. The van der Waals surface area contributed by atoms with Crippen LogP contribution < -0.4 is 4.74 Å². The van der Waals surface area contributed by atoms with E-state index in [1.54, 1.807) is 0 Å². The van der Waals surface area contributed by atoms with Crippen molar-refractivity contribution in [2.45, 2.75) is 27.3 Å². The Morgan fingerprint density at radius 1 is 1.09 bits per heavy atom. The number of carbonyl (C=O) groups excluding carboxylic acids is 2. The number of aryl methyl sites for hydroxylation is 1. The molecule has 2 heterocycles. The predicted octanol–water partition coefficient (Wildman–Crippen LogP) is 5.03. The van der Waals surface area contributed by atoms with Crippen LogP contribution in [0.25, 0.3) is 21.8 Å². The van der Waals surface area contributed by atoms with Crippen molar-refractivity contribution >= 4 is 39.3 Å². The van der Waals surface area contributed by atoms with Crippen LogP contribution in [0.2, 0.25) is 0 Å². The smallest absolute Gasteiger partial charge is 0.331 e. The second-order valence-electron chi connectivity index (χ2n) is 8.47. The van der Waals surface area contributed by atoms with E-state index in [4.69, 9.17) is 14.3 Å². The van der Waals surface area contributed by atoms with Crippen molar-refractivity contribution < 1.29 is 23.9 Å². The van der Waals surface area contributed by atoms with E-state index in [1.165, 1.54) is 6.92 Å². The van der Waals surface area contributed by atoms with Gasteiger partial charge in [-0.25, -0.2) is 4.79 Å². The van der Waals surface area contributed by atoms with Gasteiger partial charge in [0.25, 0.3) is 0 Å². The minimum atomic E-state index is -0.487. The third kappa shape index (κ3) is 4.08. The molecule has 0 fully saturated rings. The number of hydrogen-bond acceptors (Lipinski definition) is 6. The van der Waals surface area contributed by atoms with Gasteiger partial charge in [0.1, 0.15) is 18.1 Å². The Balaban J connectivity index is 1.70. The maximum Gasteiger partial charge on any atom is 0.331 e.